The molecule has 24 heteroatoms. The average Bonchev–Trinajstić information content (AvgIpc) is 3.03. The molecule has 8 rings (SSSR count). The van der Waals surface area contributed by atoms with Crippen LogP contribution < -0.4 is 27.0 Å². The molecule has 2 fully saturated rings. The van der Waals surface area contributed by atoms with E-state index in [0.29, 0.717) is 55.2 Å². The number of alkyl halides is 2. The molecule has 0 spiro atoms. The smallest absolute Gasteiger partial charge is 0.399 e. The van der Waals surface area contributed by atoms with Crippen LogP contribution >= 0.6 is 7.60 Å². The lowest BCUT2D eigenvalue weighted by Gasteiger charge is -2.30. The molecule has 4 heterocycles. The van der Waals surface area contributed by atoms with Crippen molar-refractivity contribution in [3.63, 3.8) is 0 Å². The van der Waals surface area contributed by atoms with Crippen molar-refractivity contribution in [2.75, 3.05) is 6.54 Å². The molecule has 0 aliphatic carbocycles. The number of imide groups is 1. The SMILES string of the molecule is CCCC[C@H](NC(=O)c1cc2cc(C(F)(F)P(=O)(O)O)ccc2[nH]1)C(=O)N1C[C@H](OC(=O)CCCCCC#Cc2cccc3c2CN(C2CCC(=O)NC2=O)C3=O)C[C@H]1C(=O)N[C@@H](CCC(N)=O)C(=O)NC(c1ccccc1)c1ccccc1. The van der Waals surface area contributed by atoms with E-state index in [4.69, 9.17) is 10.5 Å². The fraction of sp³-hybridized carbons (Fsp3) is 0.383. The second-order valence-corrected chi connectivity index (χ2v) is 22.7. The van der Waals surface area contributed by atoms with Gasteiger partial charge in [0, 0.05) is 66.2 Å². The summed E-state index contributed by atoms with van der Waals surface area (Å²) in [6, 6.07) is 21.7. The van der Waals surface area contributed by atoms with Gasteiger partial charge in [0.15, 0.2) is 0 Å². The Morgan fingerprint density at radius 3 is 2.23 bits per heavy atom. The van der Waals surface area contributed by atoms with Crippen molar-refractivity contribution in [2.24, 2.45) is 5.73 Å². The average molecular weight is 1180 g/mol. The summed E-state index contributed by atoms with van der Waals surface area (Å²) in [5, 5.41) is 10.7. The van der Waals surface area contributed by atoms with Crippen molar-refractivity contribution in [2.45, 2.75) is 139 Å². The Morgan fingerprint density at radius 1 is 0.845 bits per heavy atom. The number of nitrogens with zero attached hydrogens (tertiary/aromatic N) is 2. The van der Waals surface area contributed by atoms with Crippen LogP contribution in [0, 0.1) is 11.8 Å². The van der Waals surface area contributed by atoms with E-state index in [0.717, 1.165) is 29.3 Å². The Kier molecular flexibility index (Phi) is 19.9. The molecule has 3 aliphatic rings. The number of carbonyl (C=O) groups excluding carboxylic acids is 9. The molecule has 8 amide bonds. The Hall–Kier alpha value is -8.58. The van der Waals surface area contributed by atoms with Crippen LogP contribution in [0.5, 0.6) is 0 Å². The molecule has 9 N–H and O–H groups in total. The van der Waals surface area contributed by atoms with Gasteiger partial charge >= 0.3 is 19.2 Å². The fourth-order valence-electron chi connectivity index (χ4n) is 10.6. The van der Waals surface area contributed by atoms with Crippen molar-refractivity contribution in [1.82, 2.24) is 36.1 Å². The predicted octanol–water partition coefficient (Wildman–Crippen LogP) is 5.62. The molecule has 442 valence electrons. The molecule has 5 atom stereocenters. The van der Waals surface area contributed by atoms with Gasteiger partial charge in [0.1, 0.15) is 36.0 Å². The van der Waals surface area contributed by atoms with E-state index in [9.17, 15) is 66.3 Å². The first-order chi connectivity index (χ1) is 40.1. The fourth-order valence-corrected chi connectivity index (χ4v) is 11.0. The number of halogens is 2. The van der Waals surface area contributed by atoms with Crippen LogP contribution in [0.25, 0.3) is 10.9 Å². The van der Waals surface area contributed by atoms with Crippen LogP contribution in [0.2, 0.25) is 0 Å². The number of fused-ring (bicyclic) bond motifs is 2. The van der Waals surface area contributed by atoms with Crippen LogP contribution in [0.15, 0.2) is 103 Å². The zero-order chi connectivity index (χ0) is 60.3. The van der Waals surface area contributed by atoms with Crippen LogP contribution in [-0.2, 0) is 55.1 Å². The molecule has 0 bridgehead atoms. The summed E-state index contributed by atoms with van der Waals surface area (Å²) in [7, 11) is -5.92. The summed E-state index contributed by atoms with van der Waals surface area (Å²) in [4.78, 5) is 145. The first kappa shape index (κ1) is 61.5. The quantitative estimate of drug-likeness (QED) is 0.0123. The highest BCUT2D eigenvalue weighted by Crippen LogP contribution is 2.59. The van der Waals surface area contributed by atoms with Crippen LogP contribution in [0.4, 0.5) is 8.78 Å². The van der Waals surface area contributed by atoms with E-state index in [-0.39, 0.29) is 86.4 Å². The standard InChI is InChI=1S/C60H65F2N8O13P/c1-2-3-23-46(66-55(75)47-32-39-31-40(25-26-44(39)64-47)60(61,62)84(80,81)82)59(79)69-34-41(33-49(69)57(77)65-45(27-29-50(63)71)54(74)68-53(37-17-10-7-11-18-37)38-19-12-8-13-20-38)83-52(73)24-14-6-4-5-9-16-36-21-15-22-42-43(36)35-70(58(42)78)48-28-30-51(72)67-56(48)76/h7-8,10-13,15,17-22,25-26,31-32,41,45-46,48-49,53,64H,2-6,14,23-24,27-30,33-35H2,1H3,(H2,63,71)(H,65,77)(H,66,75)(H,68,74)(H,67,72,76)(H2,80,81,82)/t41-,45+,46+,48?,49+/m1/s1. The third-order valence-corrected chi connectivity index (χ3v) is 16.0. The zero-order valence-corrected chi connectivity index (χ0v) is 46.8. The summed E-state index contributed by atoms with van der Waals surface area (Å²) in [5.41, 5.74) is 3.23. The minimum atomic E-state index is -5.92. The van der Waals surface area contributed by atoms with Crippen molar-refractivity contribution in [3.8, 4) is 11.8 Å². The van der Waals surface area contributed by atoms with Gasteiger partial charge in [-0.1, -0.05) is 111 Å². The van der Waals surface area contributed by atoms with Crippen LogP contribution in [-0.4, -0.2) is 115 Å². The summed E-state index contributed by atoms with van der Waals surface area (Å²) in [6.07, 6.45) is 1.57. The van der Waals surface area contributed by atoms with E-state index in [2.05, 4.69) is 38.1 Å². The Bertz CT molecular complexity index is 3400. The lowest BCUT2D eigenvalue weighted by molar-refractivity contribution is -0.149. The number of esters is 1. The van der Waals surface area contributed by atoms with Gasteiger partial charge in [-0.3, -0.25) is 53.0 Å². The molecule has 1 unspecified atom stereocenters. The number of piperidine rings is 1. The molecule has 21 nitrogen and oxygen atoms in total. The Morgan fingerprint density at radius 2 is 1.56 bits per heavy atom. The van der Waals surface area contributed by atoms with E-state index in [1.54, 1.807) is 42.5 Å². The number of H-pyrrole nitrogens is 1. The van der Waals surface area contributed by atoms with E-state index < -0.39 is 96.5 Å². The maximum Gasteiger partial charge on any atom is 0.399 e. The third-order valence-electron chi connectivity index (χ3n) is 15.0. The van der Waals surface area contributed by atoms with Gasteiger partial charge in [-0.05, 0) is 79.1 Å². The molecule has 2 saturated heterocycles. The second-order valence-electron chi connectivity index (χ2n) is 21.0. The predicted molar refractivity (Wildman–Crippen MR) is 301 cm³/mol. The molecule has 1 aromatic heterocycles. The summed E-state index contributed by atoms with van der Waals surface area (Å²) >= 11 is 0. The number of likely N-dealkylation sites (tertiary alicyclic amines) is 1. The van der Waals surface area contributed by atoms with E-state index >= 15 is 0 Å². The molecule has 4 aromatic carbocycles. The largest absolute Gasteiger partial charge is 0.460 e. The van der Waals surface area contributed by atoms with Gasteiger partial charge in [0.2, 0.25) is 35.4 Å². The van der Waals surface area contributed by atoms with Crippen molar-refractivity contribution >= 4 is 71.7 Å². The van der Waals surface area contributed by atoms with Gasteiger partial charge in [-0.25, -0.2) is 0 Å². The number of rotatable bonds is 24. The van der Waals surface area contributed by atoms with E-state index in [1.165, 1.54) is 15.9 Å². The highest BCUT2D eigenvalue weighted by atomic mass is 31.2. The second kappa shape index (κ2) is 27.2. The molecule has 5 aromatic rings. The topological polar surface area (TPSA) is 317 Å². The van der Waals surface area contributed by atoms with Gasteiger partial charge in [0.25, 0.3) is 11.8 Å². The number of amides is 8. The summed E-state index contributed by atoms with van der Waals surface area (Å²) < 4.78 is 46.8. The molecule has 84 heavy (non-hydrogen) atoms. The summed E-state index contributed by atoms with van der Waals surface area (Å²) in [6.45, 7) is 1.72. The minimum absolute atomic E-state index is 0.0129. The first-order valence-corrected chi connectivity index (χ1v) is 29.4. The molecular weight excluding hydrogens is 1110 g/mol. The number of hydrogen-bond acceptors (Lipinski definition) is 11. The van der Waals surface area contributed by atoms with Crippen molar-refractivity contribution in [3.05, 3.63) is 142 Å². The number of hydrogen-bond donors (Lipinski definition) is 8. The summed E-state index contributed by atoms with van der Waals surface area (Å²) in [5.74, 6) is 0.596. The first-order valence-electron chi connectivity index (χ1n) is 27.7. The number of ether oxygens (including phenoxy) is 1. The monoisotopic (exact) mass is 1170 g/mol. The lowest BCUT2D eigenvalue weighted by Crippen LogP contribution is -2.56. The van der Waals surface area contributed by atoms with Crippen molar-refractivity contribution in [1.29, 1.82) is 0 Å². The highest BCUT2D eigenvalue weighted by molar-refractivity contribution is 7.52. The maximum atomic E-state index is 14.9. The molecule has 3 aliphatic heterocycles. The molecule has 0 saturated carbocycles. The third kappa shape index (κ3) is 14.8. The van der Waals surface area contributed by atoms with Crippen LogP contribution in [0.3, 0.4) is 0 Å². The van der Waals surface area contributed by atoms with Gasteiger partial charge < -0.3 is 51.0 Å². The Balaban J connectivity index is 0.956. The minimum Gasteiger partial charge on any atom is -0.460 e. The zero-order valence-electron chi connectivity index (χ0n) is 45.9. The number of carbonyl (C=O) groups is 9. The number of primary amides is 1. The molecule has 0 radical (unpaired) electrons. The lowest BCUT2D eigenvalue weighted by atomic mass is 9.98. The molecular formula is C60H65F2N8O13P. The van der Waals surface area contributed by atoms with E-state index in [1.807, 2.05) is 43.3 Å². The van der Waals surface area contributed by atoms with Crippen molar-refractivity contribution < 1.29 is 71.0 Å². The number of benzene rings is 4. The van der Waals surface area contributed by atoms with Gasteiger partial charge in [-0.2, -0.15) is 8.78 Å². The number of nitrogens with one attached hydrogen (secondary N) is 5. The number of aromatic amines is 1. The number of nitrogens with two attached hydrogens (primary N) is 1. The highest BCUT2D eigenvalue weighted by Gasteiger charge is 2.51. The van der Waals surface area contributed by atoms with Gasteiger partial charge in [0.05, 0.1) is 12.6 Å². The Labute approximate surface area is 482 Å². The number of unbranched alkanes of at least 4 members (excludes halogenated alkanes) is 4. The van der Waals surface area contributed by atoms with Gasteiger partial charge in [-0.15, -0.1) is 0 Å². The maximum absolute atomic E-state index is 14.9. The number of aromatic nitrogens is 1. The van der Waals surface area contributed by atoms with Crippen LogP contribution in [0.1, 0.15) is 145 Å². The normalized spacial score (nSPS) is 17.6.